The molecule has 0 aliphatic rings. The van der Waals surface area contributed by atoms with Crippen molar-refractivity contribution in [1.29, 1.82) is 5.26 Å². The Balaban J connectivity index is 2.53. The van der Waals surface area contributed by atoms with Crippen molar-refractivity contribution >= 4 is 0 Å². The fourth-order valence-corrected chi connectivity index (χ4v) is 1.98. The van der Waals surface area contributed by atoms with Crippen molar-refractivity contribution in [2.75, 3.05) is 13.6 Å². The lowest BCUT2D eigenvalue weighted by Crippen LogP contribution is -2.40. The number of nitrogens with zero attached hydrogens (tertiary/aromatic N) is 2. The van der Waals surface area contributed by atoms with Gasteiger partial charge in [0, 0.05) is 6.54 Å². The molecule has 1 aromatic rings. The minimum atomic E-state index is -0.391. The molecule has 0 aliphatic carbocycles. The van der Waals surface area contributed by atoms with Crippen molar-refractivity contribution in [2.45, 2.75) is 46.1 Å². The van der Waals surface area contributed by atoms with Crippen molar-refractivity contribution in [2.24, 2.45) is 5.92 Å². The highest BCUT2D eigenvalue weighted by atomic mass is 15.2. The monoisotopic (exact) mass is 258 g/mol. The van der Waals surface area contributed by atoms with Crippen molar-refractivity contribution in [3.05, 3.63) is 35.4 Å². The van der Waals surface area contributed by atoms with Gasteiger partial charge in [0.2, 0.25) is 0 Å². The summed E-state index contributed by atoms with van der Waals surface area (Å²) in [6, 6.07) is 11.2. The zero-order valence-electron chi connectivity index (χ0n) is 12.9. The molecule has 0 bridgehead atoms. The summed E-state index contributed by atoms with van der Waals surface area (Å²) in [6.07, 6.45) is 2.13. The van der Waals surface area contributed by atoms with Crippen LogP contribution >= 0.6 is 0 Å². The third kappa shape index (κ3) is 5.04. The van der Waals surface area contributed by atoms with E-state index in [-0.39, 0.29) is 0 Å². The van der Waals surface area contributed by atoms with E-state index < -0.39 is 5.54 Å². The normalized spacial score (nSPS) is 11.9. The molecule has 104 valence electrons. The van der Waals surface area contributed by atoms with E-state index in [0.717, 1.165) is 19.4 Å². The molecular weight excluding hydrogens is 232 g/mol. The molecule has 0 saturated carbocycles. The number of rotatable bonds is 6. The van der Waals surface area contributed by atoms with E-state index in [1.807, 2.05) is 20.9 Å². The average molecular weight is 258 g/mol. The summed E-state index contributed by atoms with van der Waals surface area (Å²) >= 11 is 0. The van der Waals surface area contributed by atoms with Crippen LogP contribution in [0.4, 0.5) is 0 Å². The summed E-state index contributed by atoms with van der Waals surface area (Å²) in [5.41, 5.74) is 2.36. The molecule has 0 unspecified atom stereocenters. The average Bonchev–Trinajstić information content (AvgIpc) is 2.36. The molecule has 0 atom stereocenters. The quantitative estimate of drug-likeness (QED) is 0.778. The molecule has 19 heavy (non-hydrogen) atoms. The third-order valence-electron chi connectivity index (χ3n) is 3.63. The first-order valence-corrected chi connectivity index (χ1v) is 7.05. The van der Waals surface area contributed by atoms with Crippen LogP contribution in [0.2, 0.25) is 0 Å². The van der Waals surface area contributed by atoms with Crippen LogP contribution in [0.5, 0.6) is 0 Å². The topological polar surface area (TPSA) is 27.0 Å². The van der Waals surface area contributed by atoms with E-state index in [0.29, 0.717) is 5.92 Å². The lowest BCUT2D eigenvalue weighted by molar-refractivity contribution is 0.214. The largest absolute Gasteiger partial charge is 0.289 e. The van der Waals surface area contributed by atoms with Crippen LogP contribution in [0.1, 0.15) is 38.8 Å². The van der Waals surface area contributed by atoms with Crippen LogP contribution in [-0.2, 0) is 12.8 Å². The second kappa shape index (κ2) is 6.73. The fraction of sp³-hybridized carbons (Fsp3) is 0.588. The lowest BCUT2D eigenvalue weighted by atomic mass is 10.0. The first-order chi connectivity index (χ1) is 8.85. The Morgan fingerprint density at radius 2 is 1.68 bits per heavy atom. The summed E-state index contributed by atoms with van der Waals surface area (Å²) in [5.74, 6) is 0.702. The first-order valence-electron chi connectivity index (χ1n) is 7.05. The molecule has 2 heteroatoms. The molecule has 0 spiro atoms. The summed E-state index contributed by atoms with van der Waals surface area (Å²) in [6.45, 7) is 9.31. The molecule has 0 N–H and O–H groups in total. The van der Waals surface area contributed by atoms with E-state index in [2.05, 4.69) is 49.1 Å². The number of hydrogen-bond donors (Lipinski definition) is 0. The second-order valence-corrected chi connectivity index (χ2v) is 6.26. The minimum absolute atomic E-state index is 0.391. The van der Waals surface area contributed by atoms with Crippen LogP contribution < -0.4 is 0 Å². The molecule has 0 amide bonds. The van der Waals surface area contributed by atoms with E-state index in [9.17, 15) is 0 Å². The predicted octanol–water partition coefficient (Wildman–Crippen LogP) is 3.66. The third-order valence-corrected chi connectivity index (χ3v) is 3.63. The first kappa shape index (κ1) is 15.7. The zero-order chi connectivity index (χ0) is 14.5. The molecule has 0 heterocycles. The summed E-state index contributed by atoms with van der Waals surface area (Å²) in [4.78, 5) is 2.11. The smallest absolute Gasteiger partial charge is 0.103 e. The predicted molar refractivity (Wildman–Crippen MR) is 81.0 cm³/mol. The van der Waals surface area contributed by atoms with Gasteiger partial charge in [-0.15, -0.1) is 0 Å². The molecule has 0 aliphatic heterocycles. The highest BCUT2D eigenvalue weighted by Crippen LogP contribution is 2.13. The maximum atomic E-state index is 9.09. The number of likely N-dealkylation sites (N-methyl/N-ethyl adjacent to an activating group) is 1. The molecule has 2 nitrogen and oxygen atoms in total. The van der Waals surface area contributed by atoms with E-state index in [1.165, 1.54) is 11.1 Å². The Hall–Kier alpha value is -1.33. The van der Waals surface area contributed by atoms with Gasteiger partial charge in [0.05, 0.1) is 6.07 Å². The Morgan fingerprint density at radius 1 is 1.16 bits per heavy atom. The lowest BCUT2D eigenvalue weighted by Gasteiger charge is -2.28. The molecule has 1 aromatic carbocycles. The summed E-state index contributed by atoms with van der Waals surface area (Å²) < 4.78 is 0. The Bertz CT molecular complexity index is 424. The molecular formula is C17H26N2. The van der Waals surface area contributed by atoms with E-state index in [1.54, 1.807) is 0 Å². The van der Waals surface area contributed by atoms with Crippen LogP contribution in [0.25, 0.3) is 0 Å². The zero-order valence-corrected chi connectivity index (χ0v) is 12.9. The molecule has 0 fully saturated rings. The molecule has 0 aromatic heterocycles. The van der Waals surface area contributed by atoms with Gasteiger partial charge >= 0.3 is 0 Å². The van der Waals surface area contributed by atoms with Gasteiger partial charge in [-0.3, -0.25) is 4.90 Å². The number of nitriles is 1. The Labute approximate surface area is 118 Å². The number of hydrogen-bond acceptors (Lipinski definition) is 2. The number of benzene rings is 1. The van der Waals surface area contributed by atoms with Gasteiger partial charge in [0.25, 0.3) is 0 Å². The van der Waals surface area contributed by atoms with Crippen molar-refractivity contribution in [3.8, 4) is 6.07 Å². The Kier molecular flexibility index (Phi) is 5.57. The maximum Gasteiger partial charge on any atom is 0.103 e. The van der Waals surface area contributed by atoms with Crippen LogP contribution in [-0.4, -0.2) is 24.0 Å². The van der Waals surface area contributed by atoms with Gasteiger partial charge < -0.3 is 0 Å². The van der Waals surface area contributed by atoms with Crippen LogP contribution in [0.15, 0.2) is 24.3 Å². The highest BCUT2D eigenvalue weighted by molar-refractivity contribution is 5.23. The summed E-state index contributed by atoms with van der Waals surface area (Å²) in [7, 11) is 2.01. The van der Waals surface area contributed by atoms with E-state index >= 15 is 0 Å². The SMILES string of the molecule is CC(C)Cc1ccc(CCN(C)C(C)(C)C#N)cc1. The molecule has 0 radical (unpaired) electrons. The van der Waals surface area contributed by atoms with Crippen molar-refractivity contribution < 1.29 is 0 Å². The Morgan fingerprint density at radius 3 is 2.16 bits per heavy atom. The second-order valence-electron chi connectivity index (χ2n) is 6.26. The van der Waals surface area contributed by atoms with Gasteiger partial charge in [-0.25, -0.2) is 0 Å². The van der Waals surface area contributed by atoms with Gasteiger partial charge in [0.15, 0.2) is 0 Å². The van der Waals surface area contributed by atoms with E-state index in [4.69, 9.17) is 5.26 Å². The maximum absolute atomic E-state index is 9.09. The molecule has 1 rings (SSSR count). The van der Waals surface area contributed by atoms with Crippen molar-refractivity contribution in [1.82, 2.24) is 4.90 Å². The minimum Gasteiger partial charge on any atom is -0.289 e. The standard InChI is InChI=1S/C17H26N2/c1-14(2)12-16-8-6-15(7-9-16)10-11-19(5)17(3,4)13-18/h6-9,14H,10-12H2,1-5H3. The molecule has 0 saturated heterocycles. The highest BCUT2D eigenvalue weighted by Gasteiger charge is 2.21. The van der Waals surface area contributed by atoms with Gasteiger partial charge in [-0.05, 0) is 50.8 Å². The van der Waals surface area contributed by atoms with Crippen LogP contribution in [0.3, 0.4) is 0 Å². The van der Waals surface area contributed by atoms with Crippen LogP contribution in [0, 0.1) is 17.2 Å². The van der Waals surface area contributed by atoms with Gasteiger partial charge in [-0.2, -0.15) is 5.26 Å². The van der Waals surface area contributed by atoms with Crippen molar-refractivity contribution in [3.63, 3.8) is 0 Å². The van der Waals surface area contributed by atoms with Gasteiger partial charge in [0.1, 0.15) is 5.54 Å². The summed E-state index contributed by atoms with van der Waals surface area (Å²) in [5, 5.41) is 9.09. The fourth-order valence-electron chi connectivity index (χ4n) is 1.98. The van der Waals surface area contributed by atoms with Gasteiger partial charge in [-0.1, -0.05) is 38.1 Å².